The molecule has 3 unspecified atom stereocenters. The number of halogens is 1. The van der Waals surface area contributed by atoms with Gasteiger partial charge in [-0.15, -0.1) is 0 Å². The first-order valence-electron chi connectivity index (χ1n) is 6.48. The van der Waals surface area contributed by atoms with E-state index in [1.165, 1.54) is 11.5 Å². The lowest BCUT2D eigenvalue weighted by Crippen LogP contribution is -2.42. The standard InChI is InChI=1S/C12H21BrN4S2/c1-7(2)17-11(9(13)6-15-17)10(16-14)12-8(3)18-4-5-19-12/h6-8,10,12,16H,4-5,14H2,1-3H3. The molecule has 1 aliphatic rings. The van der Waals surface area contributed by atoms with Gasteiger partial charge < -0.3 is 0 Å². The highest BCUT2D eigenvalue weighted by atomic mass is 79.9. The molecule has 1 fully saturated rings. The fourth-order valence-corrected chi connectivity index (χ4v) is 5.82. The van der Waals surface area contributed by atoms with Crippen LogP contribution in [0.5, 0.6) is 0 Å². The van der Waals surface area contributed by atoms with Crippen molar-refractivity contribution in [3.05, 3.63) is 16.4 Å². The Kier molecular flexibility index (Phi) is 5.65. The number of nitrogens with zero attached hydrogens (tertiary/aromatic N) is 2. The second kappa shape index (κ2) is 6.85. The maximum absolute atomic E-state index is 5.86. The number of nitrogens with one attached hydrogen (secondary N) is 1. The lowest BCUT2D eigenvalue weighted by molar-refractivity contribution is 0.438. The first-order valence-corrected chi connectivity index (χ1v) is 9.37. The second-order valence-corrected chi connectivity index (χ2v) is 8.60. The fraction of sp³-hybridized carbons (Fsp3) is 0.750. The number of thioether (sulfide) groups is 2. The van der Waals surface area contributed by atoms with E-state index in [0.717, 1.165) is 10.2 Å². The topological polar surface area (TPSA) is 55.9 Å². The number of rotatable bonds is 4. The van der Waals surface area contributed by atoms with Crippen LogP contribution < -0.4 is 11.3 Å². The predicted octanol–water partition coefficient (Wildman–Crippen LogP) is 2.97. The van der Waals surface area contributed by atoms with E-state index in [0.29, 0.717) is 16.5 Å². The molecule has 0 saturated carbocycles. The molecule has 1 aliphatic heterocycles. The van der Waals surface area contributed by atoms with Crippen LogP contribution in [0.1, 0.15) is 38.5 Å². The third-order valence-electron chi connectivity index (χ3n) is 3.32. The third-order valence-corrected chi connectivity index (χ3v) is 7.12. The van der Waals surface area contributed by atoms with Gasteiger partial charge in [0.1, 0.15) is 0 Å². The van der Waals surface area contributed by atoms with Gasteiger partial charge in [0.2, 0.25) is 0 Å². The van der Waals surface area contributed by atoms with Crippen LogP contribution in [0, 0.1) is 0 Å². The van der Waals surface area contributed by atoms with Crippen LogP contribution in [-0.2, 0) is 0 Å². The van der Waals surface area contributed by atoms with Gasteiger partial charge >= 0.3 is 0 Å². The van der Waals surface area contributed by atoms with Crippen molar-refractivity contribution in [3.8, 4) is 0 Å². The molecule has 2 heterocycles. The van der Waals surface area contributed by atoms with Gasteiger partial charge in [0.25, 0.3) is 0 Å². The molecule has 1 aromatic heterocycles. The van der Waals surface area contributed by atoms with Gasteiger partial charge in [0.15, 0.2) is 0 Å². The van der Waals surface area contributed by atoms with E-state index in [-0.39, 0.29) is 6.04 Å². The van der Waals surface area contributed by atoms with Crippen molar-refractivity contribution in [2.24, 2.45) is 5.84 Å². The highest BCUT2D eigenvalue weighted by Gasteiger charge is 2.34. The Morgan fingerprint density at radius 1 is 1.47 bits per heavy atom. The summed E-state index contributed by atoms with van der Waals surface area (Å²) in [6, 6.07) is 0.445. The predicted molar refractivity (Wildman–Crippen MR) is 88.5 cm³/mol. The highest BCUT2D eigenvalue weighted by molar-refractivity contribution is 9.10. The van der Waals surface area contributed by atoms with Crippen LogP contribution in [-0.4, -0.2) is 31.8 Å². The fourth-order valence-electron chi connectivity index (χ4n) is 2.40. The minimum Gasteiger partial charge on any atom is -0.271 e. The summed E-state index contributed by atoms with van der Waals surface area (Å²) in [7, 11) is 0. The molecule has 4 nitrogen and oxygen atoms in total. The first-order chi connectivity index (χ1) is 9.06. The second-order valence-electron chi connectivity index (χ2n) is 4.97. The van der Waals surface area contributed by atoms with Crippen LogP contribution in [0.25, 0.3) is 0 Å². The van der Waals surface area contributed by atoms with Gasteiger partial charge in [-0.25, -0.2) is 0 Å². The number of hydrazine groups is 1. The molecule has 0 amide bonds. The van der Waals surface area contributed by atoms with Gasteiger partial charge in [-0.1, -0.05) is 6.92 Å². The van der Waals surface area contributed by atoms with Gasteiger partial charge in [0.05, 0.1) is 22.4 Å². The Hall–Kier alpha value is 0.310. The maximum atomic E-state index is 5.86. The Bertz CT molecular complexity index is 424. The minimum atomic E-state index is 0.118. The molecule has 1 aromatic rings. The van der Waals surface area contributed by atoms with Gasteiger partial charge in [-0.05, 0) is 29.8 Å². The molecule has 3 N–H and O–H groups in total. The molecule has 0 aromatic carbocycles. The van der Waals surface area contributed by atoms with Crippen molar-refractivity contribution in [3.63, 3.8) is 0 Å². The van der Waals surface area contributed by atoms with Gasteiger partial charge in [-0.2, -0.15) is 28.6 Å². The molecular weight excluding hydrogens is 344 g/mol. The van der Waals surface area contributed by atoms with E-state index in [1.54, 1.807) is 0 Å². The molecule has 3 atom stereocenters. The first kappa shape index (κ1) is 15.7. The summed E-state index contributed by atoms with van der Waals surface area (Å²) < 4.78 is 3.09. The van der Waals surface area contributed by atoms with E-state index in [2.05, 4.69) is 51.9 Å². The van der Waals surface area contributed by atoms with Gasteiger partial charge in [0, 0.05) is 28.0 Å². The van der Waals surface area contributed by atoms with Crippen LogP contribution in [0.4, 0.5) is 0 Å². The van der Waals surface area contributed by atoms with Crippen molar-refractivity contribution in [2.45, 2.75) is 43.4 Å². The SMILES string of the molecule is CC1SCCSC1C(NN)c1c(Br)cnn1C(C)C. The van der Waals surface area contributed by atoms with Crippen molar-refractivity contribution >= 4 is 39.5 Å². The van der Waals surface area contributed by atoms with E-state index in [9.17, 15) is 0 Å². The summed E-state index contributed by atoms with van der Waals surface area (Å²) in [5.74, 6) is 8.27. The van der Waals surface area contributed by atoms with Crippen molar-refractivity contribution < 1.29 is 0 Å². The monoisotopic (exact) mass is 364 g/mol. The lowest BCUT2D eigenvalue weighted by atomic mass is 10.1. The average molecular weight is 365 g/mol. The summed E-state index contributed by atoms with van der Waals surface area (Å²) in [5.41, 5.74) is 4.17. The number of hydrogen-bond donors (Lipinski definition) is 2. The normalized spacial score (nSPS) is 25.8. The van der Waals surface area contributed by atoms with E-state index >= 15 is 0 Å². The molecule has 0 bridgehead atoms. The molecular formula is C12H21BrN4S2. The van der Waals surface area contributed by atoms with Crippen LogP contribution >= 0.6 is 39.5 Å². The zero-order valence-corrected chi connectivity index (χ0v) is 14.7. The third kappa shape index (κ3) is 3.32. The van der Waals surface area contributed by atoms with Crippen LogP contribution in [0.15, 0.2) is 10.7 Å². The smallest absolute Gasteiger partial charge is 0.0769 e. The molecule has 1 saturated heterocycles. The average Bonchev–Trinajstić information content (AvgIpc) is 2.75. The summed E-state index contributed by atoms with van der Waals surface area (Å²) in [6.07, 6.45) is 1.87. The number of aromatic nitrogens is 2. The lowest BCUT2D eigenvalue weighted by Gasteiger charge is -2.34. The Morgan fingerprint density at radius 3 is 2.74 bits per heavy atom. The molecule has 7 heteroatoms. The maximum Gasteiger partial charge on any atom is 0.0769 e. The summed E-state index contributed by atoms with van der Waals surface area (Å²) in [6.45, 7) is 6.57. The van der Waals surface area contributed by atoms with E-state index in [4.69, 9.17) is 5.84 Å². The molecule has 0 radical (unpaired) electrons. The Balaban J connectivity index is 2.33. The Labute approximate surface area is 131 Å². The number of nitrogens with two attached hydrogens (primary N) is 1. The van der Waals surface area contributed by atoms with Crippen LogP contribution in [0.2, 0.25) is 0 Å². The Morgan fingerprint density at radius 2 is 2.16 bits per heavy atom. The minimum absolute atomic E-state index is 0.118. The summed E-state index contributed by atoms with van der Waals surface area (Å²) in [5, 5.41) is 5.51. The van der Waals surface area contributed by atoms with Crippen molar-refractivity contribution in [1.82, 2.24) is 15.2 Å². The summed E-state index contributed by atoms with van der Waals surface area (Å²) >= 11 is 7.65. The zero-order chi connectivity index (χ0) is 14.0. The van der Waals surface area contributed by atoms with Gasteiger partial charge in [-0.3, -0.25) is 16.0 Å². The molecule has 2 rings (SSSR count). The molecule has 0 spiro atoms. The zero-order valence-electron chi connectivity index (χ0n) is 11.5. The molecule has 19 heavy (non-hydrogen) atoms. The molecule has 108 valence electrons. The number of hydrogen-bond acceptors (Lipinski definition) is 5. The van der Waals surface area contributed by atoms with Crippen LogP contribution in [0.3, 0.4) is 0 Å². The van der Waals surface area contributed by atoms with E-state index in [1.807, 2.05) is 29.7 Å². The van der Waals surface area contributed by atoms with Crippen molar-refractivity contribution in [1.29, 1.82) is 0 Å². The quantitative estimate of drug-likeness (QED) is 0.635. The highest BCUT2D eigenvalue weighted by Crippen LogP contribution is 2.40. The van der Waals surface area contributed by atoms with Crippen molar-refractivity contribution in [2.75, 3.05) is 11.5 Å². The molecule has 0 aliphatic carbocycles. The largest absolute Gasteiger partial charge is 0.271 e. The summed E-state index contributed by atoms with van der Waals surface area (Å²) in [4.78, 5) is 0. The van der Waals surface area contributed by atoms with E-state index < -0.39 is 0 Å².